The molecule has 0 aromatic heterocycles. The maximum absolute atomic E-state index is 13.3. The van der Waals surface area contributed by atoms with E-state index >= 15 is 0 Å². The third-order valence-electron chi connectivity index (χ3n) is 4.36. The lowest BCUT2D eigenvalue weighted by Gasteiger charge is -2.31. The fourth-order valence-electron chi connectivity index (χ4n) is 2.95. The van der Waals surface area contributed by atoms with E-state index in [0.717, 1.165) is 10.2 Å². The molecule has 25 heavy (non-hydrogen) atoms. The number of nitrogens with zero attached hydrogens (tertiary/aromatic N) is 1. The highest BCUT2D eigenvalue weighted by atomic mass is 79.9. The second-order valence-electron chi connectivity index (χ2n) is 6.05. The fraction of sp³-hybridized carbons (Fsp3) is 0.263. The molecule has 4 nitrogen and oxygen atoms in total. The van der Waals surface area contributed by atoms with Crippen LogP contribution in [0.3, 0.4) is 0 Å². The predicted octanol–water partition coefficient (Wildman–Crippen LogP) is 4.08. The summed E-state index contributed by atoms with van der Waals surface area (Å²) in [4.78, 5) is 26.5. The number of hydrogen-bond donors (Lipinski definition) is 1. The normalized spacial score (nSPS) is 15.0. The quantitative estimate of drug-likeness (QED) is 0.837. The first-order chi connectivity index (χ1) is 12.0. The van der Waals surface area contributed by atoms with E-state index in [1.54, 1.807) is 11.0 Å². The van der Waals surface area contributed by atoms with Crippen LogP contribution in [0.4, 0.5) is 10.1 Å². The van der Waals surface area contributed by atoms with Crippen LogP contribution in [0.1, 0.15) is 23.2 Å². The van der Waals surface area contributed by atoms with E-state index in [-0.39, 0.29) is 17.7 Å². The van der Waals surface area contributed by atoms with Crippen molar-refractivity contribution in [2.75, 3.05) is 18.4 Å². The number of likely N-dealkylation sites (tertiary alicyclic amines) is 1. The Bertz CT molecular complexity index is 788. The summed E-state index contributed by atoms with van der Waals surface area (Å²) in [6.07, 6.45) is 1.19. The van der Waals surface area contributed by atoms with Gasteiger partial charge in [-0.25, -0.2) is 4.39 Å². The van der Waals surface area contributed by atoms with Crippen LogP contribution in [-0.4, -0.2) is 29.8 Å². The largest absolute Gasteiger partial charge is 0.339 e. The summed E-state index contributed by atoms with van der Waals surface area (Å²) >= 11 is 3.41. The molecule has 0 unspecified atom stereocenters. The Morgan fingerprint density at radius 1 is 1.08 bits per heavy atom. The van der Waals surface area contributed by atoms with Crippen molar-refractivity contribution in [1.82, 2.24) is 4.90 Å². The third kappa shape index (κ3) is 4.25. The Labute approximate surface area is 154 Å². The van der Waals surface area contributed by atoms with Gasteiger partial charge in [0.15, 0.2) is 0 Å². The van der Waals surface area contributed by atoms with E-state index in [0.29, 0.717) is 31.5 Å². The zero-order chi connectivity index (χ0) is 17.8. The molecule has 1 aliphatic heterocycles. The average Bonchev–Trinajstić information content (AvgIpc) is 2.63. The summed E-state index contributed by atoms with van der Waals surface area (Å²) in [5, 5.41) is 2.92. The minimum atomic E-state index is -0.423. The first-order valence-electron chi connectivity index (χ1n) is 8.15. The van der Waals surface area contributed by atoms with Crippen molar-refractivity contribution in [3.8, 4) is 0 Å². The number of carbonyl (C=O) groups is 2. The number of anilines is 1. The first-order valence-corrected chi connectivity index (χ1v) is 8.94. The van der Waals surface area contributed by atoms with Crippen LogP contribution in [0.25, 0.3) is 0 Å². The SMILES string of the molecule is O=C(Nc1ccccc1Br)C1CCN(C(=O)c2cccc(F)c2)CC1. The Balaban J connectivity index is 1.57. The van der Waals surface area contributed by atoms with Gasteiger partial charge in [-0.15, -0.1) is 0 Å². The highest BCUT2D eigenvalue weighted by molar-refractivity contribution is 9.10. The second kappa shape index (κ2) is 7.78. The molecule has 2 amide bonds. The molecule has 6 heteroatoms. The van der Waals surface area contributed by atoms with E-state index < -0.39 is 5.82 Å². The highest BCUT2D eigenvalue weighted by Crippen LogP contribution is 2.25. The lowest BCUT2D eigenvalue weighted by Crippen LogP contribution is -2.41. The summed E-state index contributed by atoms with van der Waals surface area (Å²) in [5.74, 6) is -0.786. The molecule has 0 atom stereocenters. The number of halogens is 2. The lowest BCUT2D eigenvalue weighted by atomic mass is 9.95. The van der Waals surface area contributed by atoms with Gasteiger partial charge < -0.3 is 10.2 Å². The smallest absolute Gasteiger partial charge is 0.253 e. The molecular formula is C19H18BrFN2O2. The summed E-state index contributed by atoms with van der Waals surface area (Å²) in [6, 6.07) is 13.2. The summed E-state index contributed by atoms with van der Waals surface area (Å²) in [6.45, 7) is 0.979. The molecule has 3 rings (SSSR count). The molecule has 1 aliphatic rings. The number of benzene rings is 2. The summed E-state index contributed by atoms with van der Waals surface area (Å²) < 4.78 is 14.1. The number of para-hydroxylation sites is 1. The topological polar surface area (TPSA) is 49.4 Å². The Kier molecular flexibility index (Phi) is 5.48. The highest BCUT2D eigenvalue weighted by Gasteiger charge is 2.28. The van der Waals surface area contributed by atoms with Crippen molar-refractivity contribution in [1.29, 1.82) is 0 Å². The molecule has 1 N–H and O–H groups in total. The number of nitrogens with one attached hydrogen (secondary N) is 1. The van der Waals surface area contributed by atoms with Gasteiger partial charge in [-0.2, -0.15) is 0 Å². The van der Waals surface area contributed by atoms with Gasteiger partial charge in [0.25, 0.3) is 5.91 Å². The van der Waals surface area contributed by atoms with Crippen LogP contribution in [0, 0.1) is 11.7 Å². The molecule has 0 radical (unpaired) electrons. The monoisotopic (exact) mass is 404 g/mol. The van der Waals surface area contributed by atoms with Crippen LogP contribution in [0.2, 0.25) is 0 Å². The zero-order valence-corrected chi connectivity index (χ0v) is 15.1. The van der Waals surface area contributed by atoms with Crippen LogP contribution in [0.15, 0.2) is 53.0 Å². The van der Waals surface area contributed by atoms with E-state index in [4.69, 9.17) is 0 Å². The van der Waals surface area contributed by atoms with E-state index in [9.17, 15) is 14.0 Å². The molecule has 1 heterocycles. The second-order valence-corrected chi connectivity index (χ2v) is 6.90. The Morgan fingerprint density at radius 3 is 2.48 bits per heavy atom. The molecule has 1 fully saturated rings. The third-order valence-corrected chi connectivity index (χ3v) is 5.05. The van der Waals surface area contributed by atoms with Gasteiger partial charge >= 0.3 is 0 Å². The van der Waals surface area contributed by atoms with Crippen molar-refractivity contribution in [3.63, 3.8) is 0 Å². The molecule has 1 saturated heterocycles. The van der Waals surface area contributed by atoms with E-state index in [2.05, 4.69) is 21.2 Å². The maximum atomic E-state index is 13.3. The molecule has 2 aromatic rings. The number of amides is 2. The first kappa shape index (κ1) is 17.6. The zero-order valence-electron chi connectivity index (χ0n) is 13.5. The molecule has 130 valence electrons. The predicted molar refractivity (Wildman–Crippen MR) is 97.8 cm³/mol. The summed E-state index contributed by atoms with van der Waals surface area (Å²) in [7, 11) is 0. The summed E-state index contributed by atoms with van der Waals surface area (Å²) in [5.41, 5.74) is 1.09. The molecule has 0 bridgehead atoms. The average molecular weight is 405 g/mol. The standard InChI is InChI=1S/C19H18BrFN2O2/c20-16-6-1-2-7-17(16)22-18(24)13-8-10-23(11-9-13)19(25)14-4-3-5-15(21)12-14/h1-7,12-13H,8-11H2,(H,22,24). The molecule has 0 aliphatic carbocycles. The number of rotatable bonds is 3. The molecule has 0 spiro atoms. The minimum Gasteiger partial charge on any atom is -0.339 e. The number of carbonyl (C=O) groups excluding carboxylic acids is 2. The van der Waals surface area contributed by atoms with Gasteiger partial charge in [0.1, 0.15) is 5.82 Å². The van der Waals surface area contributed by atoms with Crippen LogP contribution >= 0.6 is 15.9 Å². The van der Waals surface area contributed by atoms with Gasteiger partial charge in [-0.05, 0) is 59.1 Å². The van der Waals surface area contributed by atoms with E-state index in [1.807, 2.05) is 24.3 Å². The van der Waals surface area contributed by atoms with Crippen molar-refractivity contribution in [2.45, 2.75) is 12.8 Å². The molecular weight excluding hydrogens is 387 g/mol. The van der Waals surface area contributed by atoms with Crippen LogP contribution in [0.5, 0.6) is 0 Å². The number of piperidine rings is 1. The molecule has 0 saturated carbocycles. The number of hydrogen-bond acceptors (Lipinski definition) is 2. The molecule has 2 aromatic carbocycles. The van der Waals surface area contributed by atoms with Gasteiger partial charge in [0, 0.05) is 29.0 Å². The van der Waals surface area contributed by atoms with Crippen molar-refractivity contribution in [3.05, 3.63) is 64.4 Å². The van der Waals surface area contributed by atoms with Gasteiger partial charge in [0.05, 0.1) is 5.69 Å². The minimum absolute atomic E-state index is 0.0373. The van der Waals surface area contributed by atoms with Crippen LogP contribution < -0.4 is 5.32 Å². The van der Waals surface area contributed by atoms with E-state index in [1.165, 1.54) is 18.2 Å². The van der Waals surface area contributed by atoms with Crippen molar-refractivity contribution < 1.29 is 14.0 Å². The maximum Gasteiger partial charge on any atom is 0.253 e. The fourth-order valence-corrected chi connectivity index (χ4v) is 3.33. The lowest BCUT2D eigenvalue weighted by molar-refractivity contribution is -0.121. The van der Waals surface area contributed by atoms with Crippen LogP contribution in [-0.2, 0) is 4.79 Å². The Hall–Kier alpha value is -2.21. The Morgan fingerprint density at radius 2 is 1.80 bits per heavy atom. The van der Waals surface area contributed by atoms with Crippen molar-refractivity contribution >= 4 is 33.4 Å². The van der Waals surface area contributed by atoms with Gasteiger partial charge in [-0.3, -0.25) is 9.59 Å². The van der Waals surface area contributed by atoms with Gasteiger partial charge in [0.2, 0.25) is 5.91 Å². The van der Waals surface area contributed by atoms with Crippen molar-refractivity contribution in [2.24, 2.45) is 5.92 Å². The van der Waals surface area contributed by atoms with Gasteiger partial charge in [-0.1, -0.05) is 18.2 Å².